The van der Waals surface area contributed by atoms with Gasteiger partial charge in [-0.3, -0.25) is 9.48 Å². The molecule has 0 spiro atoms. The standard InChI is InChI=1S/C22H28ClN5O3S/c1-5-6-7-13-26(3)32(30,31)25-21(29)11-9-19-16(2)24-27(4)22(19)28-14-12-17-15-18(23)8-10-20(17)28/h8-12,14-15H,5-7,13H2,1-4H3,(H,25,29). The van der Waals surface area contributed by atoms with Crippen LogP contribution >= 0.6 is 11.6 Å². The fraction of sp³-hybridized carbons (Fsp3) is 0.364. The van der Waals surface area contributed by atoms with Gasteiger partial charge in [0.15, 0.2) is 0 Å². The Bertz CT molecular complexity index is 1260. The van der Waals surface area contributed by atoms with Gasteiger partial charge in [0.1, 0.15) is 5.82 Å². The normalized spacial score (nSPS) is 12.3. The average Bonchev–Trinajstić information content (AvgIpc) is 3.24. The monoisotopic (exact) mass is 477 g/mol. The first-order chi connectivity index (χ1) is 15.1. The van der Waals surface area contributed by atoms with Crippen LogP contribution in [0.5, 0.6) is 0 Å². The Morgan fingerprint density at radius 2 is 2.03 bits per heavy atom. The third-order valence-corrected chi connectivity index (χ3v) is 6.93. The van der Waals surface area contributed by atoms with E-state index in [0.717, 1.165) is 40.3 Å². The molecule has 1 aromatic carbocycles. The van der Waals surface area contributed by atoms with E-state index >= 15 is 0 Å². The van der Waals surface area contributed by atoms with Gasteiger partial charge in [0.05, 0.1) is 11.2 Å². The summed E-state index contributed by atoms with van der Waals surface area (Å²) in [5, 5.41) is 6.09. The van der Waals surface area contributed by atoms with Crippen molar-refractivity contribution in [2.45, 2.75) is 33.1 Å². The van der Waals surface area contributed by atoms with Gasteiger partial charge in [-0.2, -0.15) is 17.8 Å². The molecule has 2 heterocycles. The minimum atomic E-state index is -3.89. The van der Waals surface area contributed by atoms with Crippen LogP contribution in [0.3, 0.4) is 0 Å². The highest BCUT2D eigenvalue weighted by Crippen LogP contribution is 2.27. The molecule has 0 saturated carbocycles. The lowest BCUT2D eigenvalue weighted by molar-refractivity contribution is -0.114. The largest absolute Gasteiger partial charge is 0.303 e. The van der Waals surface area contributed by atoms with Gasteiger partial charge in [-0.05, 0) is 43.7 Å². The third-order valence-electron chi connectivity index (χ3n) is 5.24. The Hall–Kier alpha value is -2.62. The second kappa shape index (κ2) is 9.89. The van der Waals surface area contributed by atoms with Crippen LogP contribution in [0.2, 0.25) is 5.02 Å². The zero-order valence-corrected chi connectivity index (χ0v) is 20.2. The van der Waals surface area contributed by atoms with Crippen molar-refractivity contribution in [2.75, 3.05) is 13.6 Å². The zero-order valence-electron chi connectivity index (χ0n) is 18.7. The van der Waals surface area contributed by atoms with Gasteiger partial charge in [-0.25, -0.2) is 4.72 Å². The number of carbonyl (C=O) groups excluding carboxylic acids is 1. The van der Waals surface area contributed by atoms with E-state index in [9.17, 15) is 13.2 Å². The van der Waals surface area contributed by atoms with E-state index in [1.165, 1.54) is 13.1 Å². The molecule has 0 unspecified atom stereocenters. The van der Waals surface area contributed by atoms with E-state index in [1.54, 1.807) is 10.8 Å². The number of carbonyl (C=O) groups is 1. The summed E-state index contributed by atoms with van der Waals surface area (Å²) in [6, 6.07) is 7.56. The molecule has 32 heavy (non-hydrogen) atoms. The fourth-order valence-corrected chi connectivity index (χ4v) is 4.57. The van der Waals surface area contributed by atoms with Crippen LogP contribution in [0, 0.1) is 6.92 Å². The van der Waals surface area contributed by atoms with Crippen molar-refractivity contribution in [2.24, 2.45) is 7.05 Å². The van der Waals surface area contributed by atoms with Crippen LogP contribution < -0.4 is 4.72 Å². The molecule has 0 radical (unpaired) electrons. The maximum atomic E-state index is 12.4. The van der Waals surface area contributed by atoms with Crippen molar-refractivity contribution < 1.29 is 13.2 Å². The highest BCUT2D eigenvalue weighted by Gasteiger charge is 2.20. The number of unbranched alkanes of at least 4 members (excludes halogenated alkanes) is 2. The molecule has 8 nitrogen and oxygen atoms in total. The zero-order chi connectivity index (χ0) is 23.5. The number of rotatable bonds is 9. The average molecular weight is 478 g/mol. The number of nitrogens with zero attached hydrogens (tertiary/aromatic N) is 4. The Kier molecular flexibility index (Phi) is 7.43. The maximum Gasteiger partial charge on any atom is 0.303 e. The molecule has 1 amide bonds. The number of hydrogen-bond donors (Lipinski definition) is 1. The topological polar surface area (TPSA) is 89.2 Å². The van der Waals surface area contributed by atoms with Crippen molar-refractivity contribution in [3.63, 3.8) is 0 Å². The Morgan fingerprint density at radius 3 is 2.75 bits per heavy atom. The second-order valence-electron chi connectivity index (χ2n) is 7.67. The highest BCUT2D eigenvalue weighted by molar-refractivity contribution is 7.87. The van der Waals surface area contributed by atoms with Crippen molar-refractivity contribution in [1.82, 2.24) is 23.4 Å². The Labute approximate surface area is 193 Å². The number of halogens is 1. The number of aromatic nitrogens is 3. The second-order valence-corrected chi connectivity index (χ2v) is 9.88. The molecule has 3 rings (SSSR count). The molecule has 3 aromatic rings. The quantitative estimate of drug-likeness (QED) is 0.374. The molecule has 172 valence electrons. The van der Waals surface area contributed by atoms with E-state index in [-0.39, 0.29) is 0 Å². The first kappa shape index (κ1) is 24.0. The van der Waals surface area contributed by atoms with Gasteiger partial charge in [0.25, 0.3) is 5.91 Å². The summed E-state index contributed by atoms with van der Waals surface area (Å²) in [4.78, 5) is 12.4. The van der Waals surface area contributed by atoms with Gasteiger partial charge < -0.3 is 4.57 Å². The van der Waals surface area contributed by atoms with E-state index in [2.05, 4.69) is 9.82 Å². The molecule has 10 heteroatoms. The summed E-state index contributed by atoms with van der Waals surface area (Å²) in [5.74, 6) is 0.0362. The van der Waals surface area contributed by atoms with Crippen LogP contribution in [-0.2, 0) is 22.1 Å². The molecule has 1 N–H and O–H groups in total. The SMILES string of the molecule is CCCCCN(C)S(=O)(=O)NC(=O)C=Cc1c(C)nn(C)c1-n1ccc2cc(Cl)ccc21. The minimum absolute atomic E-state index is 0.358. The third kappa shape index (κ3) is 5.23. The summed E-state index contributed by atoms with van der Waals surface area (Å²) in [5.41, 5.74) is 2.36. The smallest absolute Gasteiger partial charge is 0.301 e. The lowest BCUT2D eigenvalue weighted by Gasteiger charge is -2.16. The Balaban J connectivity index is 1.84. The number of hydrogen-bond acceptors (Lipinski definition) is 4. The predicted molar refractivity (Wildman–Crippen MR) is 128 cm³/mol. The maximum absolute atomic E-state index is 12.4. The summed E-state index contributed by atoms with van der Waals surface area (Å²) >= 11 is 6.10. The van der Waals surface area contributed by atoms with Crippen molar-refractivity contribution in [3.05, 3.63) is 52.8 Å². The van der Waals surface area contributed by atoms with Gasteiger partial charge in [0, 0.05) is 48.9 Å². The first-order valence-electron chi connectivity index (χ1n) is 10.4. The van der Waals surface area contributed by atoms with E-state index in [0.29, 0.717) is 22.8 Å². The summed E-state index contributed by atoms with van der Waals surface area (Å²) in [7, 11) is -0.615. The van der Waals surface area contributed by atoms with Crippen LogP contribution in [0.1, 0.15) is 37.4 Å². The lowest BCUT2D eigenvalue weighted by Crippen LogP contribution is -2.41. The minimum Gasteiger partial charge on any atom is -0.301 e. The first-order valence-corrected chi connectivity index (χ1v) is 12.2. The van der Waals surface area contributed by atoms with Crippen LogP contribution in [0.25, 0.3) is 22.8 Å². The van der Waals surface area contributed by atoms with Gasteiger partial charge in [-0.1, -0.05) is 31.4 Å². The van der Waals surface area contributed by atoms with Crippen LogP contribution in [-0.4, -0.2) is 46.6 Å². The molecular formula is C22H28ClN5O3S. The summed E-state index contributed by atoms with van der Waals surface area (Å²) < 4.78 is 31.7. The number of nitrogens with one attached hydrogen (secondary N) is 1. The molecule has 0 atom stereocenters. The van der Waals surface area contributed by atoms with Gasteiger partial charge >= 0.3 is 10.2 Å². The number of aryl methyl sites for hydroxylation is 2. The van der Waals surface area contributed by atoms with Gasteiger partial charge in [0.2, 0.25) is 0 Å². The molecule has 0 aliphatic carbocycles. The highest BCUT2D eigenvalue weighted by atomic mass is 35.5. The van der Waals surface area contributed by atoms with E-state index in [1.807, 2.05) is 55.9 Å². The van der Waals surface area contributed by atoms with Gasteiger partial charge in [-0.15, -0.1) is 0 Å². The summed E-state index contributed by atoms with van der Waals surface area (Å²) in [6.45, 7) is 4.24. The number of amides is 1. The summed E-state index contributed by atoms with van der Waals surface area (Å²) in [6.07, 6.45) is 7.36. The number of benzene rings is 1. The van der Waals surface area contributed by atoms with Crippen molar-refractivity contribution in [3.8, 4) is 5.82 Å². The van der Waals surface area contributed by atoms with Crippen LogP contribution in [0.15, 0.2) is 36.5 Å². The molecule has 0 aliphatic heterocycles. The molecule has 0 saturated heterocycles. The molecule has 0 bridgehead atoms. The molecule has 2 aromatic heterocycles. The fourth-order valence-electron chi connectivity index (χ4n) is 3.54. The molecular weight excluding hydrogens is 450 g/mol. The van der Waals surface area contributed by atoms with E-state index < -0.39 is 16.1 Å². The van der Waals surface area contributed by atoms with E-state index in [4.69, 9.17) is 11.6 Å². The van der Waals surface area contributed by atoms with Crippen molar-refractivity contribution in [1.29, 1.82) is 0 Å². The van der Waals surface area contributed by atoms with Crippen LogP contribution in [0.4, 0.5) is 0 Å². The Morgan fingerprint density at radius 1 is 1.28 bits per heavy atom. The lowest BCUT2D eigenvalue weighted by atomic mass is 10.2. The number of fused-ring (bicyclic) bond motifs is 1. The predicted octanol–water partition coefficient (Wildman–Crippen LogP) is 3.82. The molecule has 0 fully saturated rings. The van der Waals surface area contributed by atoms with Crippen molar-refractivity contribution >= 4 is 44.7 Å². The molecule has 0 aliphatic rings.